The first-order valence-electron chi connectivity index (χ1n) is 14.5. The van der Waals surface area contributed by atoms with Crippen LogP contribution in [-0.2, 0) is 32.0 Å². The number of nitrogens with zero attached hydrogens (tertiary/aromatic N) is 5. The highest BCUT2D eigenvalue weighted by atomic mass is 16.5. The van der Waals surface area contributed by atoms with Crippen molar-refractivity contribution in [3.05, 3.63) is 44.9 Å². The Bertz CT molecular complexity index is 1430. The maximum Gasteiger partial charge on any atom is 0.332 e. The van der Waals surface area contributed by atoms with Crippen molar-refractivity contribution in [3.63, 3.8) is 0 Å². The second-order valence-electron chi connectivity index (χ2n) is 10.7. The third-order valence-corrected chi connectivity index (χ3v) is 7.59. The summed E-state index contributed by atoms with van der Waals surface area (Å²) in [4.78, 5) is 43.5. The number of benzene rings is 1. The first kappa shape index (κ1) is 32.7. The van der Waals surface area contributed by atoms with Crippen molar-refractivity contribution in [2.45, 2.75) is 77.5 Å². The van der Waals surface area contributed by atoms with Gasteiger partial charge in [-0.2, -0.15) is 0 Å². The van der Waals surface area contributed by atoms with Crippen molar-refractivity contribution in [3.8, 4) is 17.2 Å². The average Bonchev–Trinajstić information content (AvgIpc) is 3.37. The summed E-state index contributed by atoms with van der Waals surface area (Å²) in [6.07, 6.45) is 8.18. The van der Waals surface area contributed by atoms with Crippen LogP contribution in [0.15, 0.2) is 28.0 Å². The maximum atomic E-state index is 12.8. The number of hydrogen-bond donors (Lipinski definition) is 1. The van der Waals surface area contributed by atoms with E-state index in [4.69, 9.17) is 14.2 Å². The van der Waals surface area contributed by atoms with Gasteiger partial charge in [-0.3, -0.25) is 18.7 Å². The van der Waals surface area contributed by atoms with Crippen LogP contribution in [0.1, 0.15) is 63.9 Å². The third-order valence-electron chi connectivity index (χ3n) is 7.59. The van der Waals surface area contributed by atoms with Gasteiger partial charge >= 0.3 is 5.69 Å². The molecular formula is C30H45N5O7. The summed E-state index contributed by atoms with van der Waals surface area (Å²) in [5, 5.41) is 10.6. The largest absolute Gasteiger partial charge is 0.493 e. The number of aliphatic hydroxyl groups excluding tert-OH is 1. The number of ether oxygens (including phenoxy) is 3. The molecule has 0 radical (unpaired) electrons. The lowest BCUT2D eigenvalue weighted by Crippen LogP contribution is -2.39. The van der Waals surface area contributed by atoms with Crippen LogP contribution in [0.5, 0.6) is 17.2 Å². The highest BCUT2D eigenvalue weighted by Crippen LogP contribution is 2.38. The molecule has 0 aliphatic carbocycles. The Kier molecular flexibility index (Phi) is 12.0. The molecule has 12 heteroatoms. The molecule has 0 aliphatic heterocycles. The van der Waals surface area contributed by atoms with Gasteiger partial charge in [0, 0.05) is 40.7 Å². The van der Waals surface area contributed by atoms with Crippen molar-refractivity contribution >= 4 is 17.1 Å². The predicted molar refractivity (Wildman–Crippen MR) is 160 cm³/mol. The summed E-state index contributed by atoms with van der Waals surface area (Å²) in [5.74, 6) is 1.39. The zero-order valence-corrected chi connectivity index (χ0v) is 25.7. The monoisotopic (exact) mass is 587 g/mol. The number of rotatable bonds is 17. The van der Waals surface area contributed by atoms with E-state index < -0.39 is 6.10 Å². The molecule has 12 nitrogen and oxygen atoms in total. The van der Waals surface area contributed by atoms with Gasteiger partial charge < -0.3 is 28.8 Å². The number of unbranched alkanes of at least 4 members (excludes halogenated alkanes) is 6. The fraction of sp³-hybridized carbons (Fsp3) is 0.600. The molecule has 3 rings (SSSR count). The van der Waals surface area contributed by atoms with Crippen LogP contribution in [0, 0.1) is 0 Å². The molecular weight excluding hydrogens is 542 g/mol. The summed E-state index contributed by atoms with van der Waals surface area (Å²) in [7, 11) is 8.02. The van der Waals surface area contributed by atoms with Gasteiger partial charge in [0.1, 0.15) is 0 Å². The zero-order valence-electron chi connectivity index (χ0n) is 25.7. The molecule has 0 fully saturated rings. The van der Waals surface area contributed by atoms with E-state index in [-0.39, 0.29) is 23.7 Å². The van der Waals surface area contributed by atoms with Crippen molar-refractivity contribution in [1.82, 2.24) is 23.6 Å². The van der Waals surface area contributed by atoms with Crippen LogP contribution < -0.4 is 25.5 Å². The molecule has 2 heterocycles. The minimum absolute atomic E-state index is 0.122. The number of carbonyl (C=O) groups excluding carboxylic acids is 1. The molecule has 1 amide bonds. The number of imidazole rings is 1. The number of aromatic nitrogens is 4. The number of aliphatic hydroxyl groups is 1. The fourth-order valence-corrected chi connectivity index (χ4v) is 5.22. The smallest absolute Gasteiger partial charge is 0.332 e. The van der Waals surface area contributed by atoms with E-state index >= 15 is 0 Å². The van der Waals surface area contributed by atoms with E-state index in [2.05, 4.69) is 4.98 Å². The van der Waals surface area contributed by atoms with Crippen LogP contribution in [0.2, 0.25) is 0 Å². The highest BCUT2D eigenvalue weighted by Gasteiger charge is 2.19. The van der Waals surface area contributed by atoms with Gasteiger partial charge in [0.25, 0.3) is 5.56 Å². The van der Waals surface area contributed by atoms with Crippen molar-refractivity contribution in [2.24, 2.45) is 14.1 Å². The predicted octanol–water partition coefficient (Wildman–Crippen LogP) is 2.99. The van der Waals surface area contributed by atoms with Crippen LogP contribution in [0.4, 0.5) is 0 Å². The molecule has 1 aromatic carbocycles. The van der Waals surface area contributed by atoms with Crippen molar-refractivity contribution < 1.29 is 24.1 Å². The molecule has 0 bridgehead atoms. The van der Waals surface area contributed by atoms with Gasteiger partial charge in [-0.05, 0) is 30.5 Å². The molecule has 232 valence electrons. The van der Waals surface area contributed by atoms with Crippen molar-refractivity contribution in [1.29, 1.82) is 0 Å². The Morgan fingerprint density at radius 2 is 1.55 bits per heavy atom. The average molecular weight is 588 g/mol. The number of carbonyl (C=O) groups is 1. The normalized spacial score (nSPS) is 12.0. The second kappa shape index (κ2) is 15.4. The summed E-state index contributed by atoms with van der Waals surface area (Å²) < 4.78 is 20.6. The van der Waals surface area contributed by atoms with Crippen LogP contribution in [0.3, 0.4) is 0 Å². The highest BCUT2D eigenvalue weighted by molar-refractivity contribution is 5.73. The van der Waals surface area contributed by atoms with Gasteiger partial charge in [0.2, 0.25) is 11.7 Å². The van der Waals surface area contributed by atoms with Gasteiger partial charge in [-0.25, -0.2) is 9.78 Å². The first-order valence-corrected chi connectivity index (χ1v) is 14.5. The topological polar surface area (TPSA) is 130 Å². The Morgan fingerprint density at radius 3 is 2.12 bits per heavy atom. The quantitative estimate of drug-likeness (QED) is 0.239. The summed E-state index contributed by atoms with van der Waals surface area (Å²) in [5.41, 5.74) is 1.03. The molecule has 1 unspecified atom stereocenters. The van der Waals surface area contributed by atoms with Crippen LogP contribution in [0.25, 0.3) is 11.2 Å². The number of hydrogen-bond acceptors (Lipinski definition) is 8. The van der Waals surface area contributed by atoms with E-state index in [9.17, 15) is 19.5 Å². The van der Waals surface area contributed by atoms with Gasteiger partial charge in [0.05, 0.1) is 33.8 Å². The Hall–Kier alpha value is -3.80. The molecule has 0 saturated carbocycles. The Balaban J connectivity index is 1.37. The van der Waals surface area contributed by atoms with E-state index in [1.54, 1.807) is 56.2 Å². The lowest BCUT2D eigenvalue weighted by Gasteiger charge is -2.25. The molecule has 0 saturated heterocycles. The lowest BCUT2D eigenvalue weighted by atomic mass is 10.1. The minimum atomic E-state index is -0.617. The second-order valence-corrected chi connectivity index (χ2v) is 10.7. The van der Waals surface area contributed by atoms with E-state index in [0.29, 0.717) is 47.9 Å². The van der Waals surface area contributed by atoms with E-state index in [1.165, 1.54) is 23.2 Å². The Labute approximate surface area is 246 Å². The molecule has 0 spiro atoms. The number of methoxy groups -OCH3 is 3. The summed E-state index contributed by atoms with van der Waals surface area (Å²) >= 11 is 0. The van der Waals surface area contributed by atoms with Gasteiger partial charge in [0.15, 0.2) is 22.7 Å². The molecule has 42 heavy (non-hydrogen) atoms. The first-order chi connectivity index (χ1) is 20.1. The maximum absolute atomic E-state index is 12.8. The van der Waals surface area contributed by atoms with Gasteiger partial charge in [-0.15, -0.1) is 0 Å². The standard InChI is InChI=1S/C30H45N5O7/c1-21(36)34(18-22-16-24(40-4)27(42-6)25(17-22)41-5)19-23(37)14-12-10-8-7-9-11-13-15-35-29(38)26-28(31-20-32(26)2)33(3)30(35)39/h16-17,20,23,37H,7-15,18-19H2,1-6H3. The minimum Gasteiger partial charge on any atom is -0.493 e. The number of fused-ring (bicyclic) bond motifs is 1. The van der Waals surface area contributed by atoms with Crippen LogP contribution >= 0.6 is 0 Å². The van der Waals surface area contributed by atoms with E-state index in [0.717, 1.165) is 50.5 Å². The molecule has 3 aromatic rings. The number of amides is 1. The summed E-state index contributed by atoms with van der Waals surface area (Å²) in [6, 6.07) is 3.61. The van der Waals surface area contributed by atoms with E-state index in [1.807, 2.05) is 0 Å². The Morgan fingerprint density at radius 1 is 0.952 bits per heavy atom. The van der Waals surface area contributed by atoms with Crippen LogP contribution in [-0.4, -0.2) is 68.6 Å². The zero-order chi connectivity index (χ0) is 30.8. The van der Waals surface area contributed by atoms with Crippen molar-refractivity contribution in [2.75, 3.05) is 27.9 Å². The fourth-order valence-electron chi connectivity index (χ4n) is 5.22. The summed E-state index contributed by atoms with van der Waals surface area (Å²) in [6.45, 7) is 2.45. The molecule has 1 atom stereocenters. The molecule has 2 aromatic heterocycles. The number of aryl methyl sites for hydroxylation is 2. The van der Waals surface area contributed by atoms with Gasteiger partial charge in [-0.1, -0.05) is 38.5 Å². The SMILES string of the molecule is COc1cc(CN(CC(O)CCCCCCCCCn2c(=O)c3c(ncn3C)n(C)c2=O)C(C)=O)cc(OC)c1OC. The molecule has 0 aliphatic rings. The molecule has 1 N–H and O–H groups in total. The lowest BCUT2D eigenvalue weighted by molar-refractivity contribution is -0.131. The third kappa shape index (κ3) is 7.93.